The third-order valence-electron chi connectivity index (χ3n) is 2.91. The van der Waals surface area contributed by atoms with E-state index < -0.39 is 0 Å². The average molecular weight is 230 g/mol. The van der Waals surface area contributed by atoms with Crippen LogP contribution in [0.15, 0.2) is 30.3 Å². The molecule has 0 amide bonds. The minimum absolute atomic E-state index is 0.305. The van der Waals surface area contributed by atoms with Crippen LogP contribution in [0.25, 0.3) is 0 Å². The molecule has 0 fully saturated rings. The first-order valence-electron chi connectivity index (χ1n) is 6.06. The Bertz CT molecular complexity index is 485. The van der Waals surface area contributed by atoms with Crippen molar-refractivity contribution in [3.63, 3.8) is 0 Å². The average Bonchev–Trinajstić information content (AvgIpc) is 2.74. The second kappa shape index (κ2) is 5.04. The molecule has 0 saturated carbocycles. The molecule has 0 radical (unpaired) electrons. The summed E-state index contributed by atoms with van der Waals surface area (Å²) in [5.41, 5.74) is 3.55. The predicted molar refractivity (Wildman–Crippen MR) is 68.2 cm³/mol. The molecule has 90 valence electrons. The number of phenolic OH excluding ortho intramolecular Hbond substituents is 1. The lowest BCUT2D eigenvalue weighted by Crippen LogP contribution is -2.05. The van der Waals surface area contributed by atoms with Crippen molar-refractivity contribution < 1.29 is 5.11 Å². The lowest BCUT2D eigenvalue weighted by molar-refractivity contribution is 0.475. The predicted octanol–water partition coefficient (Wildman–Crippen LogP) is 2.76. The van der Waals surface area contributed by atoms with Gasteiger partial charge in [-0.3, -0.25) is 4.68 Å². The second-order valence-electron chi connectivity index (χ2n) is 4.16. The zero-order valence-electron chi connectivity index (χ0n) is 10.3. The van der Waals surface area contributed by atoms with E-state index >= 15 is 0 Å². The van der Waals surface area contributed by atoms with Gasteiger partial charge in [0.25, 0.3) is 0 Å². The van der Waals surface area contributed by atoms with Crippen LogP contribution in [0.2, 0.25) is 0 Å². The highest BCUT2D eigenvalue weighted by molar-refractivity contribution is 5.26. The van der Waals surface area contributed by atoms with Crippen LogP contribution in [0.1, 0.15) is 30.8 Å². The minimum atomic E-state index is 0.305. The molecule has 3 heteroatoms. The topological polar surface area (TPSA) is 38.0 Å². The maximum Gasteiger partial charge on any atom is 0.115 e. The normalized spacial score (nSPS) is 10.7. The van der Waals surface area contributed by atoms with Gasteiger partial charge < -0.3 is 5.11 Å². The van der Waals surface area contributed by atoms with Crippen molar-refractivity contribution >= 4 is 0 Å². The van der Waals surface area contributed by atoms with Crippen LogP contribution < -0.4 is 0 Å². The zero-order valence-corrected chi connectivity index (χ0v) is 10.3. The minimum Gasteiger partial charge on any atom is -0.508 e. The summed E-state index contributed by atoms with van der Waals surface area (Å²) in [6, 6.07) is 9.46. The summed E-state index contributed by atoms with van der Waals surface area (Å²) < 4.78 is 2.05. The number of aromatic nitrogens is 2. The molecule has 0 unspecified atom stereocenters. The van der Waals surface area contributed by atoms with Gasteiger partial charge in [0.15, 0.2) is 0 Å². The Morgan fingerprint density at radius 1 is 1.12 bits per heavy atom. The van der Waals surface area contributed by atoms with Gasteiger partial charge in [0.1, 0.15) is 5.75 Å². The van der Waals surface area contributed by atoms with Gasteiger partial charge in [0.2, 0.25) is 0 Å². The zero-order chi connectivity index (χ0) is 12.3. The van der Waals surface area contributed by atoms with E-state index in [1.165, 1.54) is 5.69 Å². The second-order valence-corrected chi connectivity index (χ2v) is 4.16. The van der Waals surface area contributed by atoms with Gasteiger partial charge in [-0.2, -0.15) is 5.10 Å². The first kappa shape index (κ1) is 11.7. The molecule has 17 heavy (non-hydrogen) atoms. The molecule has 1 aromatic heterocycles. The van der Waals surface area contributed by atoms with Crippen LogP contribution in [-0.4, -0.2) is 14.9 Å². The van der Waals surface area contributed by atoms with Crippen molar-refractivity contribution in [1.82, 2.24) is 9.78 Å². The highest BCUT2D eigenvalue weighted by Gasteiger charge is 2.05. The van der Waals surface area contributed by atoms with Crippen LogP contribution in [0.3, 0.4) is 0 Å². The summed E-state index contributed by atoms with van der Waals surface area (Å²) in [6.07, 6.45) is 1.96. The summed E-state index contributed by atoms with van der Waals surface area (Å²) in [4.78, 5) is 0. The van der Waals surface area contributed by atoms with E-state index in [1.54, 1.807) is 12.1 Å². The Kier molecular flexibility index (Phi) is 3.47. The molecule has 0 saturated heterocycles. The molecule has 0 aliphatic rings. The summed E-state index contributed by atoms with van der Waals surface area (Å²) in [5.74, 6) is 0.305. The Morgan fingerprint density at radius 2 is 1.82 bits per heavy atom. The lowest BCUT2D eigenvalue weighted by Gasteiger charge is -2.06. The Morgan fingerprint density at radius 3 is 2.41 bits per heavy atom. The van der Waals surface area contributed by atoms with Crippen molar-refractivity contribution in [2.45, 2.75) is 33.2 Å². The Balaban J connectivity index is 2.22. The third-order valence-corrected chi connectivity index (χ3v) is 2.91. The van der Waals surface area contributed by atoms with Crippen molar-refractivity contribution in [2.24, 2.45) is 0 Å². The molecule has 3 nitrogen and oxygen atoms in total. The number of benzene rings is 1. The number of hydrogen-bond acceptors (Lipinski definition) is 2. The quantitative estimate of drug-likeness (QED) is 0.877. The van der Waals surface area contributed by atoms with Crippen molar-refractivity contribution in [2.75, 3.05) is 0 Å². The fraction of sp³-hybridized carbons (Fsp3) is 0.357. The fourth-order valence-corrected chi connectivity index (χ4v) is 1.88. The van der Waals surface area contributed by atoms with E-state index in [0.29, 0.717) is 5.75 Å². The van der Waals surface area contributed by atoms with Gasteiger partial charge in [0, 0.05) is 5.69 Å². The monoisotopic (exact) mass is 230 g/mol. The van der Waals surface area contributed by atoms with Gasteiger partial charge in [0.05, 0.1) is 12.2 Å². The summed E-state index contributed by atoms with van der Waals surface area (Å²) >= 11 is 0. The lowest BCUT2D eigenvalue weighted by atomic mass is 10.2. The van der Waals surface area contributed by atoms with Gasteiger partial charge in [-0.25, -0.2) is 0 Å². The molecular formula is C14H18N2O. The Labute approximate surface area is 102 Å². The molecule has 0 aliphatic carbocycles. The smallest absolute Gasteiger partial charge is 0.115 e. The maximum absolute atomic E-state index is 9.24. The Hall–Kier alpha value is -1.77. The van der Waals surface area contributed by atoms with Gasteiger partial charge in [-0.05, 0) is 36.6 Å². The molecule has 0 spiro atoms. The first-order valence-corrected chi connectivity index (χ1v) is 6.06. The number of aryl methyl sites for hydroxylation is 2. The SMILES string of the molecule is CCc1cc(CC)n(Cc2ccc(O)cc2)n1. The number of rotatable bonds is 4. The van der Waals surface area contributed by atoms with Gasteiger partial charge in [-0.15, -0.1) is 0 Å². The maximum atomic E-state index is 9.24. The van der Waals surface area contributed by atoms with Crippen molar-refractivity contribution in [3.05, 3.63) is 47.3 Å². The van der Waals surface area contributed by atoms with E-state index in [2.05, 4.69) is 25.0 Å². The first-order chi connectivity index (χ1) is 8.22. The van der Waals surface area contributed by atoms with E-state index in [-0.39, 0.29) is 0 Å². The van der Waals surface area contributed by atoms with E-state index in [1.807, 2.05) is 16.8 Å². The van der Waals surface area contributed by atoms with Crippen LogP contribution in [0.4, 0.5) is 0 Å². The fourth-order valence-electron chi connectivity index (χ4n) is 1.88. The molecule has 1 aromatic carbocycles. The number of aromatic hydroxyl groups is 1. The molecule has 0 atom stereocenters. The molecule has 1 N–H and O–H groups in total. The summed E-state index contributed by atoms with van der Waals surface area (Å²) in [5, 5.41) is 13.8. The van der Waals surface area contributed by atoms with Crippen LogP contribution >= 0.6 is 0 Å². The standard InChI is InChI=1S/C14H18N2O/c1-3-12-9-13(4-2)16(15-12)10-11-5-7-14(17)8-6-11/h5-9,17H,3-4,10H2,1-2H3. The van der Waals surface area contributed by atoms with Gasteiger partial charge in [-0.1, -0.05) is 26.0 Å². The summed E-state index contributed by atoms with van der Waals surface area (Å²) in [7, 11) is 0. The van der Waals surface area contributed by atoms with Gasteiger partial charge >= 0.3 is 0 Å². The molecule has 2 aromatic rings. The number of nitrogens with zero attached hydrogens (tertiary/aromatic N) is 2. The highest BCUT2D eigenvalue weighted by Crippen LogP contribution is 2.13. The van der Waals surface area contributed by atoms with Crippen LogP contribution in [0.5, 0.6) is 5.75 Å². The van der Waals surface area contributed by atoms with E-state index in [4.69, 9.17) is 0 Å². The van der Waals surface area contributed by atoms with E-state index in [0.717, 1.165) is 30.6 Å². The molecule has 2 rings (SSSR count). The molecule has 0 bridgehead atoms. The third kappa shape index (κ3) is 2.67. The van der Waals surface area contributed by atoms with Crippen molar-refractivity contribution in [3.8, 4) is 5.75 Å². The highest BCUT2D eigenvalue weighted by atomic mass is 16.3. The number of phenols is 1. The molecule has 1 heterocycles. The number of hydrogen-bond donors (Lipinski definition) is 1. The molecule has 0 aliphatic heterocycles. The van der Waals surface area contributed by atoms with E-state index in [9.17, 15) is 5.11 Å². The summed E-state index contributed by atoms with van der Waals surface area (Å²) in [6.45, 7) is 5.03. The molecular weight excluding hydrogens is 212 g/mol. The van der Waals surface area contributed by atoms with Crippen LogP contribution in [-0.2, 0) is 19.4 Å². The largest absolute Gasteiger partial charge is 0.508 e. The van der Waals surface area contributed by atoms with Crippen molar-refractivity contribution in [1.29, 1.82) is 0 Å². The van der Waals surface area contributed by atoms with Crippen LogP contribution in [0, 0.1) is 0 Å².